The number of aryl methyl sites for hydroxylation is 1. The van der Waals surface area contributed by atoms with Crippen molar-refractivity contribution in [3.05, 3.63) is 30.0 Å². The number of nitrogens with two attached hydrogens (primary N) is 1. The lowest BCUT2D eigenvalue weighted by atomic mass is 10.2. The molecule has 1 aromatic carbocycles. The Hall–Kier alpha value is -2.17. The largest absolute Gasteiger partial charge is 0.368 e. The topological polar surface area (TPSA) is 72.1 Å². The number of rotatable bonds is 2. The summed E-state index contributed by atoms with van der Waals surface area (Å²) in [5.74, 6) is 0.492. The van der Waals surface area contributed by atoms with Gasteiger partial charge >= 0.3 is 0 Å². The first-order valence-electron chi connectivity index (χ1n) is 6.46. The molecule has 2 aromatic rings. The highest BCUT2D eigenvalue weighted by molar-refractivity contribution is 5.85. The number of carbonyl (C=O) groups is 1. The normalized spacial score (nSPS) is 19.0. The van der Waals surface area contributed by atoms with E-state index in [1.807, 2.05) is 36.1 Å². The number of anilines is 1. The van der Waals surface area contributed by atoms with E-state index >= 15 is 0 Å². The predicted octanol–water partition coefficient (Wildman–Crippen LogP) is 1.39. The Kier molecular flexibility index (Phi) is 2.81. The highest BCUT2D eigenvalue weighted by Crippen LogP contribution is 2.27. The molecule has 1 unspecified atom stereocenters. The van der Waals surface area contributed by atoms with Gasteiger partial charge in [0.25, 0.3) is 0 Å². The van der Waals surface area contributed by atoms with Crippen molar-refractivity contribution < 1.29 is 4.79 Å². The Morgan fingerprint density at radius 3 is 2.68 bits per heavy atom. The molecule has 1 saturated heterocycles. The fraction of sp³-hybridized carbons (Fsp3) is 0.357. The monoisotopic (exact) mass is 256 g/mol. The summed E-state index contributed by atoms with van der Waals surface area (Å²) in [4.78, 5) is 22.7. The van der Waals surface area contributed by atoms with Gasteiger partial charge in [0, 0.05) is 6.54 Å². The molecule has 5 heteroatoms. The van der Waals surface area contributed by atoms with Gasteiger partial charge in [-0.1, -0.05) is 12.1 Å². The van der Waals surface area contributed by atoms with E-state index in [4.69, 9.17) is 5.73 Å². The molecular weight excluding hydrogens is 240 g/mol. The van der Waals surface area contributed by atoms with Crippen LogP contribution in [-0.4, -0.2) is 28.5 Å². The van der Waals surface area contributed by atoms with E-state index in [1.165, 1.54) is 0 Å². The van der Waals surface area contributed by atoms with Crippen molar-refractivity contribution in [1.82, 2.24) is 9.97 Å². The zero-order chi connectivity index (χ0) is 13.4. The van der Waals surface area contributed by atoms with Crippen LogP contribution in [0.5, 0.6) is 0 Å². The first kappa shape index (κ1) is 11.9. The Labute approximate surface area is 111 Å². The van der Waals surface area contributed by atoms with E-state index in [0.29, 0.717) is 0 Å². The molecule has 1 atom stereocenters. The second kappa shape index (κ2) is 4.50. The summed E-state index contributed by atoms with van der Waals surface area (Å²) in [6.45, 7) is 2.73. The summed E-state index contributed by atoms with van der Waals surface area (Å²) in [6, 6.07) is 7.49. The number of nitrogens with zero attached hydrogens (tertiary/aromatic N) is 3. The van der Waals surface area contributed by atoms with Gasteiger partial charge in [0.1, 0.15) is 6.04 Å². The highest BCUT2D eigenvalue weighted by atomic mass is 16.1. The molecule has 0 bridgehead atoms. The van der Waals surface area contributed by atoms with E-state index < -0.39 is 0 Å². The predicted molar refractivity (Wildman–Crippen MR) is 73.8 cm³/mol. The number of amides is 1. The molecule has 0 aliphatic carbocycles. The lowest BCUT2D eigenvalue weighted by Gasteiger charge is -2.24. The number of benzene rings is 1. The summed E-state index contributed by atoms with van der Waals surface area (Å²) in [6.07, 6.45) is 1.75. The molecule has 5 nitrogen and oxygen atoms in total. The number of para-hydroxylation sites is 2. The van der Waals surface area contributed by atoms with Crippen LogP contribution in [0.15, 0.2) is 24.3 Å². The lowest BCUT2D eigenvalue weighted by Crippen LogP contribution is -2.41. The third-order valence-electron chi connectivity index (χ3n) is 3.57. The fourth-order valence-corrected chi connectivity index (χ4v) is 2.67. The molecule has 3 rings (SSSR count). The van der Waals surface area contributed by atoms with Crippen molar-refractivity contribution in [3.8, 4) is 0 Å². The third-order valence-corrected chi connectivity index (χ3v) is 3.57. The summed E-state index contributed by atoms with van der Waals surface area (Å²) in [5, 5.41) is 0. The second-order valence-corrected chi connectivity index (χ2v) is 4.88. The molecule has 0 spiro atoms. The molecule has 2 N–H and O–H groups in total. The minimum atomic E-state index is -0.285. The minimum absolute atomic E-state index is 0.255. The van der Waals surface area contributed by atoms with Gasteiger partial charge in [-0.15, -0.1) is 0 Å². The van der Waals surface area contributed by atoms with Crippen molar-refractivity contribution >= 4 is 22.8 Å². The Morgan fingerprint density at radius 2 is 2.00 bits per heavy atom. The molecule has 98 valence electrons. The Morgan fingerprint density at radius 1 is 1.32 bits per heavy atom. The Balaban J connectivity index is 2.09. The standard InChI is InChI=1S/C14H16N4O/c1-9-14(18-8-4-7-12(18)13(15)19)17-11-6-3-2-5-10(11)16-9/h2-3,5-6,12H,4,7-8H2,1H3,(H2,15,19). The van der Waals surface area contributed by atoms with Gasteiger partial charge in [-0.05, 0) is 31.9 Å². The van der Waals surface area contributed by atoms with Crippen molar-refractivity contribution in [2.45, 2.75) is 25.8 Å². The third kappa shape index (κ3) is 2.01. The van der Waals surface area contributed by atoms with Crippen LogP contribution in [-0.2, 0) is 4.79 Å². The van der Waals surface area contributed by atoms with Crippen molar-refractivity contribution in [1.29, 1.82) is 0 Å². The molecule has 1 fully saturated rings. The maximum Gasteiger partial charge on any atom is 0.240 e. The van der Waals surface area contributed by atoms with Gasteiger partial charge in [-0.3, -0.25) is 4.79 Å². The molecule has 0 saturated carbocycles. The number of primary amides is 1. The first-order chi connectivity index (χ1) is 9.16. The van der Waals surface area contributed by atoms with Crippen LogP contribution in [0.3, 0.4) is 0 Å². The molecule has 0 radical (unpaired) electrons. The van der Waals surface area contributed by atoms with E-state index in [9.17, 15) is 4.79 Å². The van der Waals surface area contributed by atoms with Gasteiger partial charge in [0.05, 0.1) is 16.7 Å². The molecule has 2 heterocycles. The molecular formula is C14H16N4O. The highest BCUT2D eigenvalue weighted by Gasteiger charge is 2.31. The average molecular weight is 256 g/mol. The molecule has 1 amide bonds. The maximum atomic E-state index is 11.5. The number of aromatic nitrogens is 2. The Bertz CT molecular complexity index is 640. The smallest absolute Gasteiger partial charge is 0.240 e. The number of carbonyl (C=O) groups excluding carboxylic acids is 1. The number of fused-ring (bicyclic) bond motifs is 1. The van der Waals surface area contributed by atoms with Gasteiger partial charge in [0.15, 0.2) is 5.82 Å². The van der Waals surface area contributed by atoms with Crippen LogP contribution < -0.4 is 10.6 Å². The summed E-state index contributed by atoms with van der Waals surface area (Å²) >= 11 is 0. The fourth-order valence-electron chi connectivity index (χ4n) is 2.67. The number of hydrogen-bond acceptors (Lipinski definition) is 4. The molecule has 1 aliphatic rings. The van der Waals surface area contributed by atoms with Gasteiger partial charge in [-0.25, -0.2) is 9.97 Å². The van der Waals surface area contributed by atoms with Crippen LogP contribution >= 0.6 is 0 Å². The molecule has 19 heavy (non-hydrogen) atoms. The van der Waals surface area contributed by atoms with Gasteiger partial charge < -0.3 is 10.6 Å². The van der Waals surface area contributed by atoms with Crippen LogP contribution in [0.25, 0.3) is 11.0 Å². The van der Waals surface area contributed by atoms with Crippen molar-refractivity contribution in [2.75, 3.05) is 11.4 Å². The molecule has 1 aliphatic heterocycles. The van der Waals surface area contributed by atoms with Crippen molar-refractivity contribution in [2.24, 2.45) is 5.73 Å². The van der Waals surface area contributed by atoms with Crippen LogP contribution in [0, 0.1) is 6.92 Å². The van der Waals surface area contributed by atoms with E-state index in [0.717, 1.165) is 41.9 Å². The second-order valence-electron chi connectivity index (χ2n) is 4.88. The lowest BCUT2D eigenvalue weighted by molar-refractivity contribution is -0.119. The average Bonchev–Trinajstić information content (AvgIpc) is 2.87. The zero-order valence-electron chi connectivity index (χ0n) is 10.8. The summed E-state index contributed by atoms with van der Waals surface area (Å²) < 4.78 is 0. The first-order valence-corrected chi connectivity index (χ1v) is 6.46. The SMILES string of the molecule is Cc1nc2ccccc2nc1N1CCCC1C(N)=O. The summed E-state index contributed by atoms with van der Waals surface area (Å²) in [7, 11) is 0. The van der Waals surface area contributed by atoms with Crippen LogP contribution in [0.2, 0.25) is 0 Å². The van der Waals surface area contributed by atoms with Gasteiger partial charge in [-0.2, -0.15) is 0 Å². The zero-order valence-corrected chi connectivity index (χ0v) is 10.8. The van der Waals surface area contributed by atoms with Crippen molar-refractivity contribution in [3.63, 3.8) is 0 Å². The minimum Gasteiger partial charge on any atom is -0.368 e. The van der Waals surface area contributed by atoms with Crippen LogP contribution in [0.4, 0.5) is 5.82 Å². The van der Waals surface area contributed by atoms with E-state index in [1.54, 1.807) is 0 Å². The molecule has 1 aromatic heterocycles. The quantitative estimate of drug-likeness (QED) is 0.881. The maximum absolute atomic E-state index is 11.5. The van der Waals surface area contributed by atoms with Crippen LogP contribution in [0.1, 0.15) is 18.5 Å². The van der Waals surface area contributed by atoms with E-state index in [-0.39, 0.29) is 11.9 Å². The number of hydrogen-bond donors (Lipinski definition) is 1. The van der Waals surface area contributed by atoms with E-state index in [2.05, 4.69) is 9.97 Å². The van der Waals surface area contributed by atoms with Gasteiger partial charge in [0.2, 0.25) is 5.91 Å². The summed E-state index contributed by atoms with van der Waals surface area (Å²) in [5.41, 5.74) is 8.02.